The van der Waals surface area contributed by atoms with Crippen LogP contribution in [0.2, 0.25) is 0 Å². The molecule has 0 spiro atoms. The molecular weight excluding hydrogens is 330 g/mol. The Hall–Kier alpha value is -2.01. The van der Waals surface area contributed by atoms with E-state index >= 15 is 0 Å². The second-order valence-electron chi connectivity index (χ2n) is 4.25. The van der Waals surface area contributed by atoms with Gasteiger partial charge in [0, 0.05) is 9.86 Å². The third kappa shape index (κ3) is 2.25. The van der Waals surface area contributed by atoms with E-state index in [1.807, 2.05) is 0 Å². The lowest BCUT2D eigenvalue weighted by atomic mass is 10.1. The molecule has 0 unspecified atom stereocenters. The fourth-order valence-electron chi connectivity index (χ4n) is 1.93. The van der Waals surface area contributed by atoms with Crippen LogP contribution in [-0.4, -0.2) is 5.78 Å². The van der Waals surface area contributed by atoms with E-state index in [0.717, 1.165) is 0 Å². The second-order valence-corrected chi connectivity index (χ2v) is 5.16. The number of halogens is 3. The van der Waals surface area contributed by atoms with Gasteiger partial charge in [0.2, 0.25) is 5.78 Å². The predicted molar refractivity (Wildman–Crippen MR) is 73.7 cm³/mol. The van der Waals surface area contributed by atoms with Crippen LogP contribution in [0, 0.1) is 11.6 Å². The molecule has 1 heterocycles. The highest BCUT2D eigenvalue weighted by Crippen LogP contribution is 2.24. The van der Waals surface area contributed by atoms with Gasteiger partial charge < -0.3 is 4.42 Å². The molecule has 0 saturated heterocycles. The Morgan fingerprint density at radius 1 is 1.05 bits per heavy atom. The van der Waals surface area contributed by atoms with Gasteiger partial charge in [-0.1, -0.05) is 15.9 Å². The van der Waals surface area contributed by atoms with Crippen LogP contribution in [0.5, 0.6) is 0 Å². The Morgan fingerprint density at radius 2 is 1.85 bits per heavy atom. The van der Waals surface area contributed by atoms with Crippen molar-refractivity contribution in [2.24, 2.45) is 0 Å². The largest absolute Gasteiger partial charge is 0.453 e. The van der Waals surface area contributed by atoms with Crippen molar-refractivity contribution in [1.29, 1.82) is 0 Å². The summed E-state index contributed by atoms with van der Waals surface area (Å²) in [6.07, 6.45) is 0. The standard InChI is InChI=1S/C15H7BrF2O2/c16-9-1-3-11(12(18)7-9)15(19)14-6-8-5-10(17)2-4-13(8)20-14/h1-7H. The normalized spacial score (nSPS) is 10.9. The fraction of sp³-hybridized carbons (Fsp3) is 0. The number of furan rings is 1. The van der Waals surface area contributed by atoms with Gasteiger partial charge in [-0.15, -0.1) is 0 Å². The summed E-state index contributed by atoms with van der Waals surface area (Å²) in [6.45, 7) is 0. The molecule has 2 aromatic carbocycles. The molecule has 2 nitrogen and oxygen atoms in total. The van der Waals surface area contributed by atoms with Crippen LogP contribution >= 0.6 is 15.9 Å². The smallest absolute Gasteiger partial charge is 0.231 e. The van der Waals surface area contributed by atoms with Crippen molar-refractivity contribution < 1.29 is 18.0 Å². The number of hydrogen-bond acceptors (Lipinski definition) is 2. The van der Waals surface area contributed by atoms with Gasteiger partial charge in [0.1, 0.15) is 17.2 Å². The van der Waals surface area contributed by atoms with Crippen molar-refractivity contribution in [1.82, 2.24) is 0 Å². The van der Waals surface area contributed by atoms with Crippen molar-refractivity contribution in [3.05, 3.63) is 69.9 Å². The van der Waals surface area contributed by atoms with Crippen molar-refractivity contribution in [3.63, 3.8) is 0 Å². The molecule has 5 heteroatoms. The topological polar surface area (TPSA) is 30.2 Å². The number of carbonyl (C=O) groups is 1. The summed E-state index contributed by atoms with van der Waals surface area (Å²) in [7, 11) is 0. The van der Waals surface area contributed by atoms with Crippen molar-refractivity contribution in [3.8, 4) is 0 Å². The molecular formula is C15H7BrF2O2. The van der Waals surface area contributed by atoms with E-state index in [1.54, 1.807) is 6.07 Å². The van der Waals surface area contributed by atoms with Gasteiger partial charge in [-0.05, 0) is 42.5 Å². The van der Waals surface area contributed by atoms with E-state index in [2.05, 4.69) is 15.9 Å². The zero-order valence-electron chi connectivity index (χ0n) is 9.99. The van der Waals surface area contributed by atoms with Crippen LogP contribution in [0.4, 0.5) is 8.78 Å². The number of rotatable bonds is 2. The first-order chi connectivity index (χ1) is 9.54. The summed E-state index contributed by atoms with van der Waals surface area (Å²) in [5.41, 5.74) is 0.292. The lowest BCUT2D eigenvalue weighted by Crippen LogP contribution is -2.02. The number of fused-ring (bicyclic) bond motifs is 1. The highest BCUT2D eigenvalue weighted by atomic mass is 79.9. The van der Waals surface area contributed by atoms with E-state index < -0.39 is 17.4 Å². The number of ketones is 1. The van der Waals surface area contributed by atoms with Crippen LogP contribution in [0.15, 0.2) is 51.4 Å². The Kier molecular flexibility index (Phi) is 3.14. The molecule has 0 aliphatic carbocycles. The first kappa shape index (κ1) is 13.0. The average molecular weight is 337 g/mol. The maximum absolute atomic E-state index is 13.8. The maximum Gasteiger partial charge on any atom is 0.231 e. The molecule has 0 bridgehead atoms. The Balaban J connectivity index is 2.08. The Labute approximate surface area is 121 Å². The molecule has 3 rings (SSSR count). The van der Waals surface area contributed by atoms with E-state index in [9.17, 15) is 13.6 Å². The monoisotopic (exact) mass is 336 g/mol. The summed E-state index contributed by atoms with van der Waals surface area (Å²) in [5, 5.41) is 0.464. The summed E-state index contributed by atoms with van der Waals surface area (Å²) in [4.78, 5) is 12.2. The van der Waals surface area contributed by atoms with Gasteiger partial charge in [0.15, 0.2) is 5.76 Å². The third-order valence-electron chi connectivity index (χ3n) is 2.88. The van der Waals surface area contributed by atoms with Gasteiger partial charge in [0.25, 0.3) is 0 Å². The minimum absolute atomic E-state index is 0.0215. The lowest BCUT2D eigenvalue weighted by Gasteiger charge is -2.00. The first-order valence-corrected chi connectivity index (χ1v) is 6.53. The molecule has 100 valence electrons. The maximum atomic E-state index is 13.8. The summed E-state index contributed by atoms with van der Waals surface area (Å²) in [5.74, 6) is -1.67. The summed E-state index contributed by atoms with van der Waals surface area (Å²) >= 11 is 3.12. The van der Waals surface area contributed by atoms with Gasteiger partial charge >= 0.3 is 0 Å². The molecule has 0 fully saturated rings. The van der Waals surface area contributed by atoms with E-state index in [-0.39, 0.29) is 11.3 Å². The highest BCUT2D eigenvalue weighted by molar-refractivity contribution is 9.10. The first-order valence-electron chi connectivity index (χ1n) is 5.73. The van der Waals surface area contributed by atoms with Gasteiger partial charge in [-0.25, -0.2) is 8.78 Å². The van der Waals surface area contributed by atoms with Crippen LogP contribution in [-0.2, 0) is 0 Å². The predicted octanol–water partition coefficient (Wildman–Crippen LogP) is 4.70. The van der Waals surface area contributed by atoms with E-state index in [4.69, 9.17) is 4.42 Å². The zero-order chi connectivity index (χ0) is 14.3. The quantitative estimate of drug-likeness (QED) is 0.634. The minimum Gasteiger partial charge on any atom is -0.453 e. The van der Waals surface area contributed by atoms with Crippen LogP contribution < -0.4 is 0 Å². The lowest BCUT2D eigenvalue weighted by molar-refractivity contribution is 0.101. The summed E-state index contributed by atoms with van der Waals surface area (Å²) < 4.78 is 32.7. The van der Waals surface area contributed by atoms with Crippen molar-refractivity contribution >= 4 is 32.7 Å². The molecule has 0 radical (unpaired) electrons. The molecule has 20 heavy (non-hydrogen) atoms. The third-order valence-corrected chi connectivity index (χ3v) is 3.37. The van der Waals surface area contributed by atoms with Gasteiger partial charge in [-0.2, -0.15) is 0 Å². The van der Waals surface area contributed by atoms with E-state index in [0.29, 0.717) is 15.4 Å². The molecule has 0 aliphatic heterocycles. The number of benzene rings is 2. The minimum atomic E-state index is -0.643. The fourth-order valence-corrected chi connectivity index (χ4v) is 2.27. The van der Waals surface area contributed by atoms with Crippen LogP contribution in [0.1, 0.15) is 16.1 Å². The SMILES string of the molecule is O=C(c1cc2cc(F)ccc2o1)c1ccc(Br)cc1F. The summed E-state index contributed by atoms with van der Waals surface area (Å²) in [6, 6.07) is 9.47. The molecule has 3 aromatic rings. The van der Waals surface area contributed by atoms with Crippen molar-refractivity contribution in [2.75, 3.05) is 0 Å². The van der Waals surface area contributed by atoms with E-state index in [1.165, 1.54) is 36.4 Å². The molecule has 0 saturated carbocycles. The second kappa shape index (κ2) is 4.83. The van der Waals surface area contributed by atoms with Gasteiger partial charge in [0.05, 0.1) is 5.56 Å². The Morgan fingerprint density at radius 3 is 2.60 bits per heavy atom. The number of carbonyl (C=O) groups excluding carboxylic acids is 1. The zero-order valence-corrected chi connectivity index (χ0v) is 11.6. The number of hydrogen-bond donors (Lipinski definition) is 0. The highest BCUT2D eigenvalue weighted by Gasteiger charge is 2.18. The average Bonchev–Trinajstić information content (AvgIpc) is 2.81. The van der Waals surface area contributed by atoms with Crippen LogP contribution in [0.3, 0.4) is 0 Å². The molecule has 0 amide bonds. The van der Waals surface area contributed by atoms with Gasteiger partial charge in [-0.3, -0.25) is 4.79 Å². The van der Waals surface area contributed by atoms with Crippen LogP contribution in [0.25, 0.3) is 11.0 Å². The van der Waals surface area contributed by atoms with Crippen molar-refractivity contribution in [2.45, 2.75) is 0 Å². The molecule has 0 N–H and O–H groups in total. The molecule has 0 aliphatic rings. The molecule has 1 aromatic heterocycles. The Bertz CT molecular complexity index is 824. The molecule has 0 atom stereocenters.